The number of carbonyl (C=O) groups is 1. The number of benzene rings is 1. The molecule has 2 rings (SSSR count). The Balaban J connectivity index is 2.33. The highest BCUT2D eigenvalue weighted by atomic mass is 16.6. The molecular formula is C11H12N2O4. The van der Waals surface area contributed by atoms with Gasteiger partial charge in [0, 0.05) is 12.1 Å². The maximum Gasteiger partial charge on any atom is 0.325 e. The Kier molecular flexibility index (Phi) is 3.06. The monoisotopic (exact) mass is 236 g/mol. The summed E-state index contributed by atoms with van der Waals surface area (Å²) in [6.07, 6.45) is 1.84. The topological polar surface area (TPSA) is 92.5 Å². The zero-order valence-electron chi connectivity index (χ0n) is 9.00. The lowest BCUT2D eigenvalue weighted by Crippen LogP contribution is -2.30. The minimum absolute atomic E-state index is 0.159. The summed E-state index contributed by atoms with van der Waals surface area (Å²) in [4.78, 5) is 21.4. The molecule has 1 saturated carbocycles. The Hall–Kier alpha value is -1.95. The smallest absolute Gasteiger partial charge is 0.325 e. The van der Waals surface area contributed by atoms with Crippen LogP contribution < -0.4 is 5.32 Å². The highest BCUT2D eigenvalue weighted by Crippen LogP contribution is 2.29. The van der Waals surface area contributed by atoms with Gasteiger partial charge in [-0.15, -0.1) is 0 Å². The quantitative estimate of drug-likeness (QED) is 0.596. The predicted molar refractivity (Wildman–Crippen MR) is 59.6 cm³/mol. The van der Waals surface area contributed by atoms with E-state index in [2.05, 4.69) is 5.32 Å². The van der Waals surface area contributed by atoms with Crippen molar-refractivity contribution in [2.24, 2.45) is 0 Å². The van der Waals surface area contributed by atoms with Crippen molar-refractivity contribution in [1.82, 2.24) is 5.32 Å². The fourth-order valence-corrected chi connectivity index (χ4v) is 1.68. The second-order valence-corrected chi connectivity index (χ2v) is 4.03. The van der Waals surface area contributed by atoms with Gasteiger partial charge in [-0.25, -0.2) is 0 Å². The van der Waals surface area contributed by atoms with E-state index in [1.807, 2.05) is 0 Å². The molecule has 90 valence electrons. The van der Waals surface area contributed by atoms with E-state index in [-0.39, 0.29) is 17.3 Å². The van der Waals surface area contributed by atoms with Crippen LogP contribution in [0.2, 0.25) is 0 Å². The molecule has 0 bridgehead atoms. The molecule has 0 aromatic heterocycles. The Morgan fingerprint density at radius 2 is 2.12 bits per heavy atom. The first-order chi connectivity index (χ1) is 8.09. The van der Waals surface area contributed by atoms with Gasteiger partial charge in [0.15, 0.2) is 0 Å². The standard InChI is InChI=1S/C11H12N2O4/c14-11(15)10(12-7-5-6-7)8-3-1-2-4-9(8)13(16)17/h1-4,7,10,12H,5-6H2,(H,14,15). The number of nitrogens with zero attached hydrogens (tertiary/aromatic N) is 1. The first-order valence-electron chi connectivity index (χ1n) is 5.32. The van der Waals surface area contributed by atoms with Crippen molar-refractivity contribution < 1.29 is 14.8 Å². The average molecular weight is 236 g/mol. The van der Waals surface area contributed by atoms with E-state index in [4.69, 9.17) is 5.11 Å². The zero-order chi connectivity index (χ0) is 12.4. The number of nitro groups is 1. The SMILES string of the molecule is O=C(O)C(NC1CC1)c1ccccc1[N+](=O)[O-]. The van der Waals surface area contributed by atoms with Crippen molar-refractivity contribution in [2.45, 2.75) is 24.9 Å². The van der Waals surface area contributed by atoms with E-state index in [0.29, 0.717) is 0 Å². The molecule has 1 atom stereocenters. The highest BCUT2D eigenvalue weighted by molar-refractivity contribution is 5.77. The van der Waals surface area contributed by atoms with Crippen molar-refractivity contribution in [2.75, 3.05) is 0 Å². The maximum absolute atomic E-state index is 11.2. The largest absolute Gasteiger partial charge is 0.480 e. The minimum Gasteiger partial charge on any atom is -0.480 e. The summed E-state index contributed by atoms with van der Waals surface area (Å²) in [5.41, 5.74) is 0.0463. The molecule has 0 amide bonds. The van der Waals surface area contributed by atoms with Gasteiger partial charge in [-0.1, -0.05) is 12.1 Å². The summed E-state index contributed by atoms with van der Waals surface area (Å²) in [7, 11) is 0. The summed E-state index contributed by atoms with van der Waals surface area (Å²) >= 11 is 0. The molecule has 0 spiro atoms. The molecule has 2 N–H and O–H groups in total. The molecule has 0 saturated heterocycles. The van der Waals surface area contributed by atoms with Gasteiger partial charge in [-0.05, 0) is 18.9 Å². The van der Waals surface area contributed by atoms with Gasteiger partial charge in [0.25, 0.3) is 5.69 Å². The summed E-state index contributed by atoms with van der Waals surface area (Å²) in [5, 5.41) is 22.9. The van der Waals surface area contributed by atoms with Gasteiger partial charge in [0.05, 0.1) is 10.5 Å². The molecule has 0 radical (unpaired) electrons. The van der Waals surface area contributed by atoms with Gasteiger partial charge < -0.3 is 5.11 Å². The van der Waals surface area contributed by atoms with Crippen molar-refractivity contribution in [1.29, 1.82) is 0 Å². The number of hydrogen-bond acceptors (Lipinski definition) is 4. The van der Waals surface area contributed by atoms with Gasteiger partial charge in [0.2, 0.25) is 0 Å². The van der Waals surface area contributed by atoms with Crippen molar-refractivity contribution in [3.05, 3.63) is 39.9 Å². The van der Waals surface area contributed by atoms with Gasteiger partial charge in [-0.2, -0.15) is 0 Å². The third kappa shape index (κ3) is 2.59. The first-order valence-corrected chi connectivity index (χ1v) is 5.32. The molecular weight excluding hydrogens is 224 g/mol. The van der Waals surface area contributed by atoms with Gasteiger partial charge >= 0.3 is 5.97 Å². The van der Waals surface area contributed by atoms with Crippen LogP contribution in [0, 0.1) is 10.1 Å². The number of hydrogen-bond donors (Lipinski definition) is 2. The van der Waals surface area contributed by atoms with E-state index in [1.165, 1.54) is 18.2 Å². The van der Waals surface area contributed by atoms with E-state index in [0.717, 1.165) is 12.8 Å². The van der Waals surface area contributed by atoms with Crippen LogP contribution in [-0.4, -0.2) is 22.0 Å². The number of nitro benzene ring substituents is 1. The van der Waals surface area contributed by atoms with Crippen LogP contribution in [0.15, 0.2) is 24.3 Å². The Bertz CT molecular complexity index is 457. The van der Waals surface area contributed by atoms with Crippen LogP contribution in [0.25, 0.3) is 0 Å². The number of aliphatic carboxylic acids is 1. The van der Waals surface area contributed by atoms with Crippen molar-refractivity contribution in [3.8, 4) is 0 Å². The molecule has 1 aliphatic rings. The number of rotatable bonds is 5. The second-order valence-electron chi connectivity index (χ2n) is 4.03. The minimum atomic E-state index is -1.09. The number of carboxylic acid groups (broad SMARTS) is 1. The molecule has 0 heterocycles. The Morgan fingerprint density at radius 1 is 1.47 bits per heavy atom. The van der Waals surface area contributed by atoms with E-state index < -0.39 is 16.9 Å². The molecule has 1 aliphatic carbocycles. The van der Waals surface area contributed by atoms with Crippen LogP contribution in [0.3, 0.4) is 0 Å². The van der Waals surface area contributed by atoms with E-state index >= 15 is 0 Å². The normalized spacial score (nSPS) is 16.5. The molecule has 1 unspecified atom stereocenters. The molecule has 1 aromatic rings. The molecule has 0 aliphatic heterocycles. The number of para-hydroxylation sites is 1. The van der Waals surface area contributed by atoms with Crippen LogP contribution in [0.4, 0.5) is 5.69 Å². The van der Waals surface area contributed by atoms with Gasteiger partial charge in [0.1, 0.15) is 6.04 Å². The van der Waals surface area contributed by atoms with Crippen LogP contribution >= 0.6 is 0 Å². The third-order valence-corrected chi connectivity index (χ3v) is 2.67. The fourth-order valence-electron chi connectivity index (χ4n) is 1.68. The lowest BCUT2D eigenvalue weighted by molar-refractivity contribution is -0.385. The second kappa shape index (κ2) is 4.50. The number of nitrogens with one attached hydrogen (secondary N) is 1. The first kappa shape index (κ1) is 11.5. The Morgan fingerprint density at radius 3 is 2.65 bits per heavy atom. The van der Waals surface area contributed by atoms with E-state index in [1.54, 1.807) is 6.07 Å². The maximum atomic E-state index is 11.2. The van der Waals surface area contributed by atoms with Crippen LogP contribution in [-0.2, 0) is 4.79 Å². The molecule has 1 aromatic carbocycles. The van der Waals surface area contributed by atoms with Crippen molar-refractivity contribution in [3.63, 3.8) is 0 Å². The zero-order valence-corrected chi connectivity index (χ0v) is 9.00. The summed E-state index contributed by atoms with van der Waals surface area (Å²) in [5.74, 6) is -1.09. The number of carboxylic acids is 1. The lowest BCUT2D eigenvalue weighted by atomic mass is 10.0. The van der Waals surface area contributed by atoms with Crippen molar-refractivity contribution >= 4 is 11.7 Å². The summed E-state index contributed by atoms with van der Waals surface area (Å²) in [6, 6.07) is 5.08. The molecule has 6 heteroatoms. The molecule has 1 fully saturated rings. The lowest BCUT2D eigenvalue weighted by Gasteiger charge is -2.14. The molecule has 17 heavy (non-hydrogen) atoms. The van der Waals surface area contributed by atoms with Gasteiger partial charge in [-0.3, -0.25) is 20.2 Å². The highest BCUT2D eigenvalue weighted by Gasteiger charge is 2.32. The van der Waals surface area contributed by atoms with Crippen LogP contribution in [0.1, 0.15) is 24.4 Å². The third-order valence-electron chi connectivity index (χ3n) is 2.67. The predicted octanol–water partition coefficient (Wildman–Crippen LogP) is 1.47. The Labute approximate surface area is 97.4 Å². The summed E-state index contributed by atoms with van der Waals surface area (Å²) < 4.78 is 0. The van der Waals surface area contributed by atoms with Crippen LogP contribution in [0.5, 0.6) is 0 Å². The molecule has 6 nitrogen and oxygen atoms in total. The van der Waals surface area contributed by atoms with E-state index in [9.17, 15) is 14.9 Å². The summed E-state index contributed by atoms with van der Waals surface area (Å²) in [6.45, 7) is 0. The fraction of sp³-hybridized carbons (Fsp3) is 0.364. The average Bonchev–Trinajstić information content (AvgIpc) is 3.09.